The minimum Gasteiger partial charge on any atom is -0.393 e. The number of amides is 2. The lowest BCUT2D eigenvalue weighted by Crippen LogP contribution is -2.40. The first-order valence-electron chi connectivity index (χ1n) is 4.35. The normalized spacial score (nSPS) is 14.5. The first kappa shape index (κ1) is 12.9. The van der Waals surface area contributed by atoms with Crippen LogP contribution in [0.4, 0.5) is 0 Å². The van der Waals surface area contributed by atoms with Crippen LogP contribution in [-0.4, -0.2) is 40.8 Å². The third-order valence-electron chi connectivity index (χ3n) is 1.61. The highest BCUT2D eigenvalue weighted by atomic mass is 16.3. The zero-order valence-electron chi connectivity index (χ0n) is 8.06. The van der Waals surface area contributed by atoms with Gasteiger partial charge in [-0.15, -0.1) is 0 Å². The number of aliphatic hydroxyl groups is 2. The van der Waals surface area contributed by atoms with Crippen molar-refractivity contribution in [2.75, 3.05) is 6.54 Å². The van der Waals surface area contributed by atoms with Crippen LogP contribution >= 0.6 is 0 Å². The molecule has 5 N–H and O–H groups in total. The van der Waals surface area contributed by atoms with Gasteiger partial charge in [-0.3, -0.25) is 9.59 Å². The van der Waals surface area contributed by atoms with E-state index < -0.39 is 18.1 Å². The molecule has 2 atom stereocenters. The first-order valence-corrected chi connectivity index (χ1v) is 4.35. The molecule has 0 aromatic heterocycles. The van der Waals surface area contributed by atoms with Crippen LogP contribution < -0.4 is 11.1 Å². The van der Waals surface area contributed by atoms with E-state index in [1.807, 2.05) is 0 Å². The predicted molar refractivity (Wildman–Crippen MR) is 49.1 cm³/mol. The molecule has 0 aliphatic heterocycles. The van der Waals surface area contributed by atoms with Crippen LogP contribution in [0.15, 0.2) is 0 Å². The second kappa shape index (κ2) is 6.33. The molecule has 0 fully saturated rings. The van der Waals surface area contributed by atoms with Gasteiger partial charge in [0, 0.05) is 6.42 Å². The van der Waals surface area contributed by atoms with Crippen molar-refractivity contribution in [1.82, 2.24) is 5.32 Å². The number of hydrogen-bond acceptors (Lipinski definition) is 4. The number of nitrogens with two attached hydrogens (primary N) is 1. The minimum absolute atomic E-state index is 0.156. The highest BCUT2D eigenvalue weighted by molar-refractivity contribution is 5.80. The van der Waals surface area contributed by atoms with Gasteiger partial charge in [0.2, 0.25) is 11.8 Å². The van der Waals surface area contributed by atoms with Crippen LogP contribution in [0.25, 0.3) is 0 Å². The van der Waals surface area contributed by atoms with Crippen molar-refractivity contribution in [2.45, 2.75) is 32.0 Å². The first-order chi connectivity index (χ1) is 6.43. The maximum absolute atomic E-state index is 11.0. The summed E-state index contributed by atoms with van der Waals surface area (Å²) in [7, 11) is 0. The van der Waals surface area contributed by atoms with Gasteiger partial charge in [0.1, 0.15) is 6.10 Å². The molecule has 14 heavy (non-hydrogen) atoms. The Balaban J connectivity index is 3.59. The summed E-state index contributed by atoms with van der Waals surface area (Å²) in [5.41, 5.74) is 4.76. The zero-order chi connectivity index (χ0) is 11.1. The molecular formula is C8H16N2O4. The molecule has 0 spiro atoms. The molecule has 0 aliphatic carbocycles. The molecular weight excluding hydrogens is 188 g/mol. The van der Waals surface area contributed by atoms with E-state index in [4.69, 9.17) is 15.9 Å². The van der Waals surface area contributed by atoms with Crippen molar-refractivity contribution >= 4 is 11.8 Å². The van der Waals surface area contributed by atoms with Crippen molar-refractivity contribution in [3.8, 4) is 0 Å². The van der Waals surface area contributed by atoms with Gasteiger partial charge in [0.05, 0.1) is 12.6 Å². The van der Waals surface area contributed by atoms with Crippen molar-refractivity contribution in [3.63, 3.8) is 0 Å². The van der Waals surface area contributed by atoms with Crippen molar-refractivity contribution in [3.05, 3.63) is 0 Å². The Labute approximate surface area is 82.1 Å². The summed E-state index contributed by atoms with van der Waals surface area (Å²) in [5.74, 6) is -1.20. The molecule has 2 amide bonds. The van der Waals surface area contributed by atoms with Gasteiger partial charge in [0.15, 0.2) is 0 Å². The monoisotopic (exact) mass is 204 g/mol. The highest BCUT2D eigenvalue weighted by Gasteiger charge is 2.12. The van der Waals surface area contributed by atoms with E-state index >= 15 is 0 Å². The lowest BCUT2D eigenvalue weighted by molar-refractivity contribution is -0.127. The van der Waals surface area contributed by atoms with Gasteiger partial charge in [-0.2, -0.15) is 0 Å². The van der Waals surface area contributed by atoms with E-state index in [1.54, 1.807) is 6.92 Å². The molecule has 6 heteroatoms. The minimum atomic E-state index is -1.36. The third kappa shape index (κ3) is 6.38. The summed E-state index contributed by atoms with van der Waals surface area (Å²) in [5, 5.41) is 20.1. The Morgan fingerprint density at radius 2 is 2.00 bits per heavy atom. The van der Waals surface area contributed by atoms with Gasteiger partial charge < -0.3 is 21.3 Å². The largest absolute Gasteiger partial charge is 0.393 e. The van der Waals surface area contributed by atoms with E-state index in [-0.39, 0.29) is 18.9 Å². The zero-order valence-corrected chi connectivity index (χ0v) is 8.06. The van der Waals surface area contributed by atoms with E-state index in [9.17, 15) is 9.59 Å². The molecule has 0 rings (SSSR count). The smallest absolute Gasteiger partial charge is 0.248 e. The van der Waals surface area contributed by atoms with E-state index in [1.165, 1.54) is 0 Å². The summed E-state index contributed by atoms with van der Waals surface area (Å²) in [6, 6.07) is 0. The van der Waals surface area contributed by atoms with Gasteiger partial charge in [-0.1, -0.05) is 0 Å². The highest BCUT2D eigenvalue weighted by Crippen LogP contribution is 1.94. The summed E-state index contributed by atoms with van der Waals surface area (Å²) in [6.45, 7) is 1.39. The van der Waals surface area contributed by atoms with E-state index in [2.05, 4.69) is 5.32 Å². The van der Waals surface area contributed by atoms with Crippen LogP contribution in [0.5, 0.6) is 0 Å². The number of carbonyl (C=O) groups is 2. The predicted octanol–water partition coefficient (Wildman–Crippen LogP) is -1.89. The number of nitrogens with one attached hydrogen (secondary N) is 1. The van der Waals surface area contributed by atoms with Crippen LogP contribution in [0.1, 0.15) is 19.8 Å². The molecule has 0 aliphatic rings. The molecule has 2 unspecified atom stereocenters. The molecule has 0 heterocycles. The number of hydrogen-bond donors (Lipinski definition) is 4. The summed E-state index contributed by atoms with van der Waals surface area (Å²) >= 11 is 0. The fourth-order valence-electron chi connectivity index (χ4n) is 0.739. The molecule has 0 aromatic carbocycles. The van der Waals surface area contributed by atoms with Crippen molar-refractivity contribution in [1.29, 1.82) is 0 Å². The van der Waals surface area contributed by atoms with Crippen LogP contribution in [0.2, 0.25) is 0 Å². The molecule has 0 radical (unpaired) electrons. The fraction of sp³-hybridized carbons (Fsp3) is 0.750. The Kier molecular flexibility index (Phi) is 5.82. The summed E-state index contributed by atoms with van der Waals surface area (Å²) < 4.78 is 0. The fourth-order valence-corrected chi connectivity index (χ4v) is 0.739. The Hall–Kier alpha value is -1.14. The number of aliphatic hydroxyl groups excluding tert-OH is 2. The quantitative estimate of drug-likeness (QED) is 0.405. The average Bonchev–Trinajstić information content (AvgIpc) is 2.10. The Bertz CT molecular complexity index is 206. The van der Waals surface area contributed by atoms with Crippen LogP contribution in [0, 0.1) is 0 Å². The second-order valence-corrected chi connectivity index (χ2v) is 3.11. The van der Waals surface area contributed by atoms with Crippen molar-refractivity contribution < 1.29 is 19.8 Å². The molecule has 0 aromatic rings. The number of carbonyl (C=O) groups excluding carboxylic acids is 2. The lowest BCUT2D eigenvalue weighted by atomic mass is 10.2. The topological polar surface area (TPSA) is 113 Å². The standard InChI is InChI=1S/C8H16N2O4/c1-5(11)2-3-7(13)10-4-6(12)8(9)14/h5-6,11-12H,2-4H2,1H3,(H2,9,14)(H,10,13). The second-order valence-electron chi connectivity index (χ2n) is 3.11. The van der Waals surface area contributed by atoms with Crippen LogP contribution in [0.3, 0.4) is 0 Å². The Morgan fingerprint density at radius 3 is 2.43 bits per heavy atom. The Morgan fingerprint density at radius 1 is 1.43 bits per heavy atom. The van der Waals surface area contributed by atoms with Crippen molar-refractivity contribution in [2.24, 2.45) is 5.73 Å². The molecule has 0 bridgehead atoms. The summed E-state index contributed by atoms with van der Waals surface area (Å²) in [4.78, 5) is 21.3. The molecule has 0 saturated carbocycles. The lowest BCUT2D eigenvalue weighted by Gasteiger charge is -2.08. The molecule has 0 saturated heterocycles. The van der Waals surface area contributed by atoms with Gasteiger partial charge in [-0.05, 0) is 13.3 Å². The maximum atomic E-state index is 11.0. The van der Waals surface area contributed by atoms with E-state index in [0.29, 0.717) is 6.42 Å². The van der Waals surface area contributed by atoms with E-state index in [0.717, 1.165) is 0 Å². The average molecular weight is 204 g/mol. The number of primary amides is 1. The SMILES string of the molecule is CC(O)CCC(=O)NCC(O)C(N)=O. The summed E-state index contributed by atoms with van der Waals surface area (Å²) in [6.07, 6.45) is -1.39. The molecule has 82 valence electrons. The van der Waals surface area contributed by atoms with Gasteiger partial charge in [0.25, 0.3) is 0 Å². The maximum Gasteiger partial charge on any atom is 0.248 e. The van der Waals surface area contributed by atoms with Gasteiger partial charge >= 0.3 is 0 Å². The van der Waals surface area contributed by atoms with Gasteiger partial charge in [-0.25, -0.2) is 0 Å². The molecule has 6 nitrogen and oxygen atoms in total. The third-order valence-corrected chi connectivity index (χ3v) is 1.61. The number of rotatable bonds is 6. The van der Waals surface area contributed by atoms with Crippen LogP contribution in [-0.2, 0) is 9.59 Å².